The monoisotopic (exact) mass is 395 g/mol. The summed E-state index contributed by atoms with van der Waals surface area (Å²) in [5.41, 5.74) is 3.11. The van der Waals surface area contributed by atoms with Gasteiger partial charge in [0, 0.05) is 18.9 Å². The van der Waals surface area contributed by atoms with Crippen LogP contribution in [0.3, 0.4) is 0 Å². The molecule has 0 radical (unpaired) electrons. The molecule has 29 heavy (non-hydrogen) atoms. The Bertz CT molecular complexity index is 941. The minimum absolute atomic E-state index is 0.120. The summed E-state index contributed by atoms with van der Waals surface area (Å²) in [6.07, 6.45) is 3.96. The largest absolute Gasteiger partial charge is 0.353 e. The van der Waals surface area contributed by atoms with Crippen LogP contribution in [0.5, 0.6) is 0 Å². The molecule has 0 spiro atoms. The molecule has 0 saturated carbocycles. The lowest BCUT2D eigenvalue weighted by atomic mass is 9.92. The van der Waals surface area contributed by atoms with Gasteiger partial charge in [-0.25, -0.2) is 4.79 Å². The van der Waals surface area contributed by atoms with Gasteiger partial charge in [0.1, 0.15) is 5.54 Å². The molecule has 0 unspecified atom stereocenters. The summed E-state index contributed by atoms with van der Waals surface area (Å²) in [4.78, 5) is 40.1. The topological polar surface area (TPSA) is 86.7 Å². The van der Waals surface area contributed by atoms with Crippen LogP contribution >= 0.6 is 0 Å². The first kappa shape index (κ1) is 19.2. The molecule has 2 aromatic rings. The maximum atomic E-state index is 12.9. The van der Waals surface area contributed by atoms with Crippen molar-refractivity contribution in [1.82, 2.24) is 25.2 Å². The van der Waals surface area contributed by atoms with E-state index in [2.05, 4.69) is 26.3 Å². The summed E-state index contributed by atoms with van der Waals surface area (Å²) >= 11 is 0. The van der Waals surface area contributed by atoms with Gasteiger partial charge in [-0.15, -0.1) is 0 Å². The number of likely N-dealkylation sites (tertiary alicyclic amines) is 1. The molecule has 2 aliphatic rings. The van der Waals surface area contributed by atoms with Crippen molar-refractivity contribution < 1.29 is 14.4 Å². The van der Waals surface area contributed by atoms with E-state index in [1.807, 2.05) is 25.4 Å². The Hall–Kier alpha value is -3.13. The summed E-state index contributed by atoms with van der Waals surface area (Å²) in [5, 5.41) is 3.48. The zero-order chi connectivity index (χ0) is 20.6. The van der Waals surface area contributed by atoms with Crippen LogP contribution in [-0.4, -0.2) is 45.4 Å². The molecule has 4 rings (SSSR count). The van der Waals surface area contributed by atoms with Gasteiger partial charge < -0.3 is 9.88 Å². The molecule has 2 saturated heterocycles. The number of nitrogens with one attached hydrogen (secondary N) is 2. The first-order chi connectivity index (χ1) is 13.9. The number of urea groups is 1. The van der Waals surface area contributed by atoms with Gasteiger partial charge in [-0.2, -0.15) is 5.01 Å². The third-order valence-electron chi connectivity index (χ3n) is 5.81. The number of nitrogens with zero attached hydrogens (tertiary/aromatic N) is 3. The SMILES string of the molecule is Cn1cccc1[C@@H]1CCCN1CC(=O)NN1C(=O)N[C@@](C)(c2ccccc2)C1=O. The van der Waals surface area contributed by atoms with Gasteiger partial charge in [0.2, 0.25) is 0 Å². The average Bonchev–Trinajstić information content (AvgIpc) is 3.38. The summed E-state index contributed by atoms with van der Waals surface area (Å²) in [6.45, 7) is 2.56. The summed E-state index contributed by atoms with van der Waals surface area (Å²) in [6, 6.07) is 12.6. The first-order valence-corrected chi connectivity index (χ1v) is 9.77. The lowest BCUT2D eigenvalue weighted by Gasteiger charge is -2.26. The lowest BCUT2D eigenvalue weighted by Crippen LogP contribution is -2.50. The van der Waals surface area contributed by atoms with Crippen LogP contribution in [0.2, 0.25) is 0 Å². The highest BCUT2D eigenvalue weighted by Crippen LogP contribution is 2.31. The van der Waals surface area contributed by atoms with E-state index in [0.29, 0.717) is 5.56 Å². The fraction of sp³-hybridized carbons (Fsp3) is 0.381. The second-order valence-electron chi connectivity index (χ2n) is 7.77. The Balaban J connectivity index is 1.44. The van der Waals surface area contributed by atoms with Crippen molar-refractivity contribution in [3.8, 4) is 0 Å². The van der Waals surface area contributed by atoms with Gasteiger partial charge in [0.25, 0.3) is 11.8 Å². The molecule has 0 bridgehead atoms. The van der Waals surface area contributed by atoms with E-state index in [9.17, 15) is 14.4 Å². The molecule has 2 aliphatic heterocycles. The second kappa shape index (κ2) is 7.36. The molecule has 152 valence electrons. The predicted octanol–water partition coefficient (Wildman–Crippen LogP) is 1.66. The van der Waals surface area contributed by atoms with E-state index in [1.54, 1.807) is 31.2 Å². The molecular formula is C21H25N5O3. The van der Waals surface area contributed by atoms with E-state index in [-0.39, 0.29) is 18.5 Å². The lowest BCUT2D eigenvalue weighted by molar-refractivity contribution is -0.139. The molecular weight excluding hydrogens is 370 g/mol. The molecule has 1 aromatic carbocycles. The first-order valence-electron chi connectivity index (χ1n) is 9.77. The highest BCUT2D eigenvalue weighted by molar-refractivity contribution is 6.08. The normalized spacial score (nSPS) is 24.8. The maximum absolute atomic E-state index is 12.9. The predicted molar refractivity (Wildman–Crippen MR) is 106 cm³/mol. The number of benzene rings is 1. The van der Waals surface area contributed by atoms with Gasteiger partial charge >= 0.3 is 6.03 Å². The maximum Gasteiger partial charge on any atom is 0.344 e. The smallest absolute Gasteiger partial charge is 0.344 e. The van der Waals surface area contributed by atoms with Crippen LogP contribution in [0, 0.1) is 0 Å². The van der Waals surface area contributed by atoms with Crippen LogP contribution in [0.4, 0.5) is 4.79 Å². The van der Waals surface area contributed by atoms with Crippen LogP contribution in [0.25, 0.3) is 0 Å². The van der Waals surface area contributed by atoms with Crippen molar-refractivity contribution in [2.45, 2.75) is 31.3 Å². The molecule has 8 heteroatoms. The highest BCUT2D eigenvalue weighted by atomic mass is 16.2. The van der Waals surface area contributed by atoms with E-state index < -0.39 is 17.5 Å². The van der Waals surface area contributed by atoms with Crippen LogP contribution in [-0.2, 0) is 22.2 Å². The molecule has 2 fully saturated rings. The number of hydrazine groups is 1. The quantitative estimate of drug-likeness (QED) is 0.754. The Morgan fingerprint density at radius 1 is 1.21 bits per heavy atom. The second-order valence-corrected chi connectivity index (χ2v) is 7.77. The van der Waals surface area contributed by atoms with Crippen LogP contribution in [0.15, 0.2) is 48.7 Å². The van der Waals surface area contributed by atoms with E-state index in [4.69, 9.17) is 0 Å². The van der Waals surface area contributed by atoms with Crippen LogP contribution in [0.1, 0.15) is 37.1 Å². The van der Waals surface area contributed by atoms with Crippen molar-refractivity contribution in [2.24, 2.45) is 7.05 Å². The zero-order valence-corrected chi connectivity index (χ0v) is 16.6. The fourth-order valence-electron chi connectivity index (χ4n) is 4.22. The summed E-state index contributed by atoms with van der Waals surface area (Å²) in [5.74, 6) is -0.880. The minimum atomic E-state index is -1.20. The van der Waals surface area contributed by atoms with Crippen molar-refractivity contribution in [1.29, 1.82) is 0 Å². The number of aromatic nitrogens is 1. The Kier molecular flexibility index (Phi) is 4.87. The van der Waals surface area contributed by atoms with E-state index >= 15 is 0 Å². The number of hydrogen-bond donors (Lipinski definition) is 2. The van der Waals surface area contributed by atoms with E-state index in [1.165, 1.54) is 0 Å². The standard InChI is InChI=1S/C21H25N5O3/c1-21(15-8-4-3-5-9-15)19(28)26(20(29)22-21)23-18(27)14-25-13-7-11-17(25)16-10-6-12-24(16)2/h3-6,8-10,12,17H,7,11,13-14H2,1-2H3,(H,22,29)(H,23,27)/t17-,21-/m0/s1. The Morgan fingerprint density at radius 2 is 1.97 bits per heavy atom. The van der Waals surface area contributed by atoms with Crippen LogP contribution < -0.4 is 10.7 Å². The number of imide groups is 1. The molecule has 0 aliphatic carbocycles. The van der Waals surface area contributed by atoms with Gasteiger partial charge in [0.15, 0.2) is 0 Å². The number of carbonyl (C=O) groups excluding carboxylic acids is 3. The minimum Gasteiger partial charge on any atom is -0.353 e. The summed E-state index contributed by atoms with van der Waals surface area (Å²) in [7, 11) is 1.99. The van der Waals surface area contributed by atoms with Crippen molar-refractivity contribution in [3.05, 3.63) is 59.9 Å². The average molecular weight is 395 g/mol. The highest BCUT2D eigenvalue weighted by Gasteiger charge is 2.50. The van der Waals surface area contributed by atoms with Gasteiger partial charge in [-0.05, 0) is 44.0 Å². The zero-order valence-electron chi connectivity index (χ0n) is 16.6. The Labute approximate surface area is 169 Å². The third kappa shape index (κ3) is 3.40. The third-order valence-corrected chi connectivity index (χ3v) is 5.81. The van der Waals surface area contributed by atoms with Crippen molar-refractivity contribution in [3.63, 3.8) is 0 Å². The number of amides is 4. The number of rotatable bonds is 5. The van der Waals surface area contributed by atoms with Gasteiger partial charge in [-0.3, -0.25) is 19.9 Å². The molecule has 3 heterocycles. The number of carbonyl (C=O) groups is 3. The molecule has 4 amide bonds. The summed E-state index contributed by atoms with van der Waals surface area (Å²) < 4.78 is 2.06. The van der Waals surface area contributed by atoms with Crippen molar-refractivity contribution in [2.75, 3.05) is 13.1 Å². The van der Waals surface area contributed by atoms with Gasteiger partial charge in [-0.1, -0.05) is 30.3 Å². The van der Waals surface area contributed by atoms with E-state index in [0.717, 1.165) is 30.1 Å². The number of aryl methyl sites for hydroxylation is 1. The molecule has 2 N–H and O–H groups in total. The van der Waals surface area contributed by atoms with Gasteiger partial charge in [0.05, 0.1) is 12.6 Å². The Morgan fingerprint density at radius 3 is 2.66 bits per heavy atom. The fourth-order valence-corrected chi connectivity index (χ4v) is 4.22. The molecule has 1 aromatic heterocycles. The molecule has 2 atom stereocenters. The molecule has 8 nitrogen and oxygen atoms in total. The number of hydrogen-bond acceptors (Lipinski definition) is 4. The van der Waals surface area contributed by atoms with Crippen molar-refractivity contribution >= 4 is 17.8 Å².